The standard InChI is InChI=1S/C15H15BrN2OS/c1-19-9-10-3-2-4-12(7-10)18-14-8-11(16)5-6-13(14)15(17)20/h2-8,18H,9H2,1H3,(H2,17,20). The van der Waals surface area contributed by atoms with Gasteiger partial charge in [-0.05, 0) is 35.9 Å². The summed E-state index contributed by atoms with van der Waals surface area (Å²) in [5.41, 5.74) is 9.52. The first-order valence-electron chi connectivity index (χ1n) is 6.04. The van der Waals surface area contributed by atoms with Crippen molar-refractivity contribution in [3.8, 4) is 0 Å². The van der Waals surface area contributed by atoms with E-state index in [1.54, 1.807) is 7.11 Å². The van der Waals surface area contributed by atoms with E-state index in [0.29, 0.717) is 11.6 Å². The van der Waals surface area contributed by atoms with Crippen molar-refractivity contribution in [1.29, 1.82) is 0 Å². The monoisotopic (exact) mass is 350 g/mol. The molecule has 2 aromatic rings. The molecule has 0 unspecified atom stereocenters. The number of hydrogen-bond acceptors (Lipinski definition) is 3. The van der Waals surface area contributed by atoms with Crippen molar-refractivity contribution < 1.29 is 4.74 Å². The fraction of sp³-hybridized carbons (Fsp3) is 0.133. The fourth-order valence-electron chi connectivity index (χ4n) is 1.90. The van der Waals surface area contributed by atoms with Gasteiger partial charge < -0.3 is 15.8 Å². The summed E-state index contributed by atoms with van der Waals surface area (Å²) < 4.78 is 6.10. The number of hydrogen-bond donors (Lipinski definition) is 2. The largest absolute Gasteiger partial charge is 0.389 e. The molecule has 104 valence electrons. The molecular formula is C15H15BrN2OS. The number of thiocarbonyl (C=S) groups is 1. The van der Waals surface area contributed by atoms with Gasteiger partial charge in [-0.2, -0.15) is 0 Å². The van der Waals surface area contributed by atoms with Crippen LogP contribution >= 0.6 is 28.1 Å². The molecule has 3 nitrogen and oxygen atoms in total. The number of nitrogens with two attached hydrogens (primary N) is 1. The second-order valence-electron chi connectivity index (χ2n) is 4.31. The molecule has 0 aliphatic heterocycles. The Morgan fingerprint density at radius 1 is 1.30 bits per heavy atom. The minimum atomic E-state index is 0.369. The third kappa shape index (κ3) is 3.79. The van der Waals surface area contributed by atoms with Crippen LogP contribution in [0.5, 0.6) is 0 Å². The molecule has 0 fully saturated rings. The number of methoxy groups -OCH3 is 1. The van der Waals surface area contributed by atoms with Crippen LogP contribution in [0.1, 0.15) is 11.1 Å². The minimum absolute atomic E-state index is 0.369. The third-order valence-electron chi connectivity index (χ3n) is 2.76. The first kappa shape index (κ1) is 15.0. The molecule has 0 radical (unpaired) electrons. The maximum Gasteiger partial charge on any atom is 0.106 e. The predicted octanol–water partition coefficient (Wildman–Crippen LogP) is 3.97. The molecule has 20 heavy (non-hydrogen) atoms. The number of benzene rings is 2. The van der Waals surface area contributed by atoms with Gasteiger partial charge in [-0.3, -0.25) is 0 Å². The smallest absolute Gasteiger partial charge is 0.106 e. The van der Waals surface area contributed by atoms with Gasteiger partial charge in [-0.15, -0.1) is 0 Å². The van der Waals surface area contributed by atoms with Crippen LogP contribution < -0.4 is 11.1 Å². The zero-order valence-corrected chi connectivity index (χ0v) is 13.4. The van der Waals surface area contributed by atoms with Crippen LogP contribution in [0.2, 0.25) is 0 Å². The molecular weight excluding hydrogens is 336 g/mol. The summed E-state index contributed by atoms with van der Waals surface area (Å²) in [4.78, 5) is 0.369. The van der Waals surface area contributed by atoms with Gasteiger partial charge in [0.15, 0.2) is 0 Å². The van der Waals surface area contributed by atoms with Gasteiger partial charge >= 0.3 is 0 Å². The number of nitrogens with one attached hydrogen (secondary N) is 1. The highest BCUT2D eigenvalue weighted by atomic mass is 79.9. The van der Waals surface area contributed by atoms with E-state index in [-0.39, 0.29) is 0 Å². The Morgan fingerprint density at radius 2 is 2.10 bits per heavy atom. The number of anilines is 2. The average Bonchev–Trinajstić information content (AvgIpc) is 2.39. The van der Waals surface area contributed by atoms with Crippen molar-refractivity contribution in [2.45, 2.75) is 6.61 Å². The maximum absolute atomic E-state index is 5.75. The Labute approximate surface area is 132 Å². The zero-order chi connectivity index (χ0) is 14.5. The second kappa shape index (κ2) is 6.83. The molecule has 0 saturated carbocycles. The lowest BCUT2D eigenvalue weighted by molar-refractivity contribution is 0.185. The molecule has 0 bridgehead atoms. The highest BCUT2D eigenvalue weighted by Crippen LogP contribution is 2.25. The van der Waals surface area contributed by atoms with Crippen molar-refractivity contribution in [2.24, 2.45) is 5.73 Å². The lowest BCUT2D eigenvalue weighted by Crippen LogP contribution is -2.11. The third-order valence-corrected chi connectivity index (χ3v) is 3.48. The Morgan fingerprint density at radius 3 is 2.80 bits per heavy atom. The second-order valence-corrected chi connectivity index (χ2v) is 5.67. The molecule has 0 aliphatic carbocycles. The maximum atomic E-state index is 5.75. The first-order valence-corrected chi connectivity index (χ1v) is 7.24. The van der Waals surface area contributed by atoms with Gasteiger partial charge in [0.25, 0.3) is 0 Å². The van der Waals surface area contributed by atoms with E-state index in [2.05, 4.69) is 21.2 Å². The molecule has 0 aromatic heterocycles. The molecule has 0 saturated heterocycles. The molecule has 0 amide bonds. The molecule has 0 aliphatic rings. The van der Waals surface area contributed by atoms with E-state index in [0.717, 1.165) is 27.0 Å². The van der Waals surface area contributed by atoms with Crippen LogP contribution in [0.4, 0.5) is 11.4 Å². The molecule has 2 rings (SSSR count). The number of halogens is 1. The Balaban J connectivity index is 2.31. The van der Waals surface area contributed by atoms with E-state index in [9.17, 15) is 0 Å². The first-order chi connectivity index (χ1) is 9.60. The van der Waals surface area contributed by atoms with Crippen molar-refractivity contribution >= 4 is 44.5 Å². The van der Waals surface area contributed by atoms with Crippen LogP contribution in [0.25, 0.3) is 0 Å². The van der Waals surface area contributed by atoms with E-state index in [1.807, 2.05) is 42.5 Å². The van der Waals surface area contributed by atoms with Gasteiger partial charge in [-0.25, -0.2) is 0 Å². The average molecular weight is 351 g/mol. The highest BCUT2D eigenvalue weighted by Gasteiger charge is 2.06. The minimum Gasteiger partial charge on any atom is -0.389 e. The lowest BCUT2D eigenvalue weighted by atomic mass is 10.1. The SMILES string of the molecule is COCc1cccc(Nc2cc(Br)ccc2C(N)=S)c1. The summed E-state index contributed by atoms with van der Waals surface area (Å²) in [7, 11) is 1.68. The summed E-state index contributed by atoms with van der Waals surface area (Å²) >= 11 is 8.53. The summed E-state index contributed by atoms with van der Waals surface area (Å²) in [5, 5.41) is 3.34. The van der Waals surface area contributed by atoms with Gasteiger partial charge in [0.1, 0.15) is 4.99 Å². The lowest BCUT2D eigenvalue weighted by Gasteiger charge is -2.12. The van der Waals surface area contributed by atoms with Crippen LogP contribution in [-0.2, 0) is 11.3 Å². The van der Waals surface area contributed by atoms with Gasteiger partial charge in [0.2, 0.25) is 0 Å². The van der Waals surface area contributed by atoms with E-state index in [1.165, 1.54) is 0 Å². The van der Waals surface area contributed by atoms with Crippen LogP contribution in [0.3, 0.4) is 0 Å². The van der Waals surface area contributed by atoms with E-state index >= 15 is 0 Å². The summed E-state index contributed by atoms with van der Waals surface area (Å²) in [6, 6.07) is 13.8. The molecule has 0 heterocycles. The summed E-state index contributed by atoms with van der Waals surface area (Å²) in [6.45, 7) is 0.580. The molecule has 3 N–H and O–H groups in total. The van der Waals surface area contributed by atoms with Gasteiger partial charge in [-0.1, -0.05) is 40.3 Å². The van der Waals surface area contributed by atoms with E-state index in [4.69, 9.17) is 22.7 Å². The molecule has 0 atom stereocenters. The van der Waals surface area contributed by atoms with Crippen molar-refractivity contribution in [3.05, 3.63) is 58.1 Å². The molecule has 5 heteroatoms. The molecule has 0 spiro atoms. The number of ether oxygens (including phenoxy) is 1. The quantitative estimate of drug-likeness (QED) is 0.800. The van der Waals surface area contributed by atoms with Crippen LogP contribution in [0.15, 0.2) is 46.9 Å². The topological polar surface area (TPSA) is 47.3 Å². The van der Waals surface area contributed by atoms with Crippen LogP contribution in [-0.4, -0.2) is 12.1 Å². The predicted molar refractivity (Wildman–Crippen MR) is 90.5 cm³/mol. The van der Waals surface area contributed by atoms with Gasteiger partial charge in [0.05, 0.1) is 6.61 Å². The zero-order valence-electron chi connectivity index (χ0n) is 11.0. The Hall–Kier alpha value is -1.43. The van der Waals surface area contributed by atoms with Crippen LogP contribution in [0, 0.1) is 0 Å². The van der Waals surface area contributed by atoms with Gasteiger partial charge in [0, 0.05) is 28.5 Å². The molecule has 2 aromatic carbocycles. The normalized spacial score (nSPS) is 10.3. The number of rotatable bonds is 5. The van der Waals surface area contributed by atoms with Crippen molar-refractivity contribution in [2.75, 3.05) is 12.4 Å². The van der Waals surface area contributed by atoms with Crippen molar-refractivity contribution in [3.63, 3.8) is 0 Å². The Bertz CT molecular complexity index is 631. The summed E-state index contributed by atoms with van der Waals surface area (Å²) in [6.07, 6.45) is 0. The fourth-order valence-corrected chi connectivity index (χ4v) is 2.43. The van der Waals surface area contributed by atoms with E-state index < -0.39 is 0 Å². The highest BCUT2D eigenvalue weighted by molar-refractivity contribution is 9.10. The Kier molecular flexibility index (Phi) is 5.11. The van der Waals surface area contributed by atoms with Crippen molar-refractivity contribution in [1.82, 2.24) is 0 Å². The summed E-state index contributed by atoms with van der Waals surface area (Å²) in [5.74, 6) is 0.